The van der Waals surface area contributed by atoms with Crippen LogP contribution in [-0.2, 0) is 4.79 Å². The van der Waals surface area contributed by atoms with Gasteiger partial charge >= 0.3 is 0 Å². The van der Waals surface area contributed by atoms with Crippen LogP contribution in [0.5, 0.6) is 0 Å². The number of halogens is 2. The molecule has 0 radical (unpaired) electrons. The first-order valence-electron chi connectivity index (χ1n) is 8.10. The van der Waals surface area contributed by atoms with Crippen LogP contribution >= 0.6 is 34.5 Å². The van der Waals surface area contributed by atoms with E-state index in [1.807, 2.05) is 19.0 Å². The number of nitrogens with one attached hydrogen (secondary N) is 2. The molecule has 0 saturated heterocycles. The van der Waals surface area contributed by atoms with E-state index in [4.69, 9.17) is 23.2 Å². The molecule has 0 saturated carbocycles. The van der Waals surface area contributed by atoms with E-state index in [2.05, 4.69) is 15.6 Å². The van der Waals surface area contributed by atoms with Crippen molar-refractivity contribution in [3.8, 4) is 0 Å². The van der Waals surface area contributed by atoms with Crippen molar-refractivity contribution in [2.45, 2.75) is 0 Å². The van der Waals surface area contributed by atoms with Gasteiger partial charge in [-0.25, -0.2) is 4.98 Å². The first-order valence-corrected chi connectivity index (χ1v) is 9.74. The number of aromatic nitrogens is 1. The second kappa shape index (κ2) is 9.89. The molecule has 10 heteroatoms. The highest BCUT2D eigenvalue weighted by Crippen LogP contribution is 2.28. The van der Waals surface area contributed by atoms with Gasteiger partial charge < -0.3 is 20.4 Å². The molecule has 7 nitrogen and oxygen atoms in total. The highest BCUT2D eigenvalue weighted by atomic mass is 35.5. The van der Waals surface area contributed by atoms with Crippen LogP contribution in [0.2, 0.25) is 10.0 Å². The number of thiazole rings is 1. The average Bonchev–Trinajstić information content (AvgIpc) is 3.05. The lowest BCUT2D eigenvalue weighted by atomic mass is 10.3. The van der Waals surface area contributed by atoms with Gasteiger partial charge in [0.1, 0.15) is 5.69 Å². The van der Waals surface area contributed by atoms with Crippen LogP contribution in [0, 0.1) is 0 Å². The van der Waals surface area contributed by atoms with Gasteiger partial charge in [-0.05, 0) is 32.3 Å². The molecule has 27 heavy (non-hydrogen) atoms. The fourth-order valence-electron chi connectivity index (χ4n) is 2.08. The van der Waals surface area contributed by atoms with Crippen molar-refractivity contribution in [1.82, 2.24) is 20.1 Å². The summed E-state index contributed by atoms with van der Waals surface area (Å²) in [7, 11) is 5.42. The minimum atomic E-state index is -0.323. The third kappa shape index (κ3) is 6.66. The second-order valence-corrected chi connectivity index (χ2v) is 7.78. The second-order valence-electron chi connectivity index (χ2n) is 6.11. The summed E-state index contributed by atoms with van der Waals surface area (Å²) < 4.78 is 0. The molecule has 0 aliphatic carbocycles. The Morgan fingerprint density at radius 3 is 2.59 bits per heavy atom. The summed E-state index contributed by atoms with van der Waals surface area (Å²) in [6.45, 7) is 1.24. The Kier molecular flexibility index (Phi) is 7.85. The molecular weight excluding hydrogens is 409 g/mol. The van der Waals surface area contributed by atoms with Gasteiger partial charge in [-0.1, -0.05) is 23.2 Å². The maximum absolute atomic E-state index is 12.4. The number of likely N-dealkylation sites (N-methyl/N-ethyl adjacent to an activating group) is 2. The predicted octanol–water partition coefficient (Wildman–Crippen LogP) is 2.94. The van der Waals surface area contributed by atoms with E-state index in [0.717, 1.165) is 6.54 Å². The van der Waals surface area contributed by atoms with Gasteiger partial charge in [-0.15, -0.1) is 11.3 Å². The zero-order valence-electron chi connectivity index (χ0n) is 15.3. The maximum atomic E-state index is 12.4. The predicted molar refractivity (Wildman–Crippen MR) is 110 cm³/mol. The summed E-state index contributed by atoms with van der Waals surface area (Å²) in [4.78, 5) is 31.9. The Hall–Kier alpha value is -1.87. The van der Waals surface area contributed by atoms with Gasteiger partial charge in [0.25, 0.3) is 5.91 Å². The van der Waals surface area contributed by atoms with Gasteiger partial charge in [0, 0.05) is 31.2 Å². The molecule has 1 heterocycles. The van der Waals surface area contributed by atoms with Crippen molar-refractivity contribution in [3.05, 3.63) is 39.3 Å². The topological polar surface area (TPSA) is 77.6 Å². The van der Waals surface area contributed by atoms with Crippen LogP contribution in [0.15, 0.2) is 23.6 Å². The maximum Gasteiger partial charge on any atom is 0.273 e. The molecule has 2 aromatic rings. The number of carbonyl (C=O) groups is 2. The first kappa shape index (κ1) is 21.4. The number of carbonyl (C=O) groups excluding carboxylic acids is 2. The number of nitrogens with zero attached hydrogens (tertiary/aromatic N) is 3. The third-order valence-electron chi connectivity index (χ3n) is 3.50. The van der Waals surface area contributed by atoms with Gasteiger partial charge in [-0.3, -0.25) is 9.59 Å². The Morgan fingerprint density at radius 2 is 1.93 bits per heavy atom. The zero-order valence-corrected chi connectivity index (χ0v) is 17.6. The number of hydrogen-bond acceptors (Lipinski definition) is 6. The van der Waals surface area contributed by atoms with E-state index in [1.54, 1.807) is 30.6 Å². The minimum absolute atomic E-state index is 0.0284. The Labute approximate surface area is 172 Å². The summed E-state index contributed by atoms with van der Waals surface area (Å²) in [6, 6.07) is 5.12. The van der Waals surface area contributed by atoms with E-state index in [0.29, 0.717) is 27.4 Å². The summed E-state index contributed by atoms with van der Waals surface area (Å²) >= 11 is 13.2. The molecule has 0 aliphatic heterocycles. The van der Waals surface area contributed by atoms with Crippen molar-refractivity contribution >= 4 is 57.2 Å². The minimum Gasteiger partial charge on any atom is -0.353 e. The number of amides is 2. The van der Waals surface area contributed by atoms with Crippen molar-refractivity contribution in [2.24, 2.45) is 0 Å². The molecule has 146 valence electrons. The van der Waals surface area contributed by atoms with Gasteiger partial charge in [0.05, 0.1) is 16.6 Å². The van der Waals surface area contributed by atoms with Crippen molar-refractivity contribution < 1.29 is 9.59 Å². The van der Waals surface area contributed by atoms with Crippen molar-refractivity contribution in [2.75, 3.05) is 46.1 Å². The Morgan fingerprint density at radius 1 is 1.19 bits per heavy atom. The highest BCUT2D eigenvalue weighted by Gasteiger charge is 2.18. The lowest BCUT2D eigenvalue weighted by molar-refractivity contribution is -0.121. The molecule has 2 N–H and O–H groups in total. The number of rotatable bonds is 8. The molecule has 2 amide bonds. The van der Waals surface area contributed by atoms with E-state index < -0.39 is 0 Å². The number of anilines is 2. The standard InChI is InChI=1S/C17H21Cl2N5O2S/c1-23(2)7-6-20-15(25)9-24(3)16(26)14-10-27-17(22-14)21-11-4-5-12(18)13(19)8-11/h4-5,8,10H,6-7,9H2,1-3H3,(H,20,25)(H,21,22). The molecular formula is C17H21Cl2N5O2S. The monoisotopic (exact) mass is 429 g/mol. The van der Waals surface area contributed by atoms with Crippen molar-refractivity contribution in [1.29, 1.82) is 0 Å². The quantitative estimate of drug-likeness (QED) is 0.674. The Balaban J connectivity index is 1.91. The molecule has 1 aromatic carbocycles. The van der Waals surface area contributed by atoms with Crippen LogP contribution in [0.3, 0.4) is 0 Å². The van der Waals surface area contributed by atoms with Gasteiger partial charge in [0.2, 0.25) is 5.91 Å². The van der Waals surface area contributed by atoms with Crippen molar-refractivity contribution in [3.63, 3.8) is 0 Å². The average molecular weight is 430 g/mol. The first-order chi connectivity index (χ1) is 12.8. The molecule has 2 rings (SSSR count). The zero-order chi connectivity index (χ0) is 20.0. The summed E-state index contributed by atoms with van der Waals surface area (Å²) in [5.41, 5.74) is 0.984. The van der Waals surface area contributed by atoms with E-state index in [9.17, 15) is 9.59 Å². The molecule has 1 aromatic heterocycles. The third-order valence-corrected chi connectivity index (χ3v) is 5.00. The molecule has 0 fully saturated rings. The normalized spacial score (nSPS) is 10.7. The molecule has 0 bridgehead atoms. The SMILES string of the molecule is CN(C)CCNC(=O)CN(C)C(=O)c1csc(Nc2ccc(Cl)c(Cl)c2)n1. The summed E-state index contributed by atoms with van der Waals surface area (Å²) in [5, 5.41) is 8.92. The lowest BCUT2D eigenvalue weighted by Crippen LogP contribution is -2.40. The smallest absolute Gasteiger partial charge is 0.273 e. The fourth-order valence-corrected chi connectivity index (χ4v) is 3.09. The summed E-state index contributed by atoms with van der Waals surface area (Å²) in [6.07, 6.45) is 0. The van der Waals surface area contributed by atoms with Crippen LogP contribution in [0.4, 0.5) is 10.8 Å². The highest BCUT2D eigenvalue weighted by molar-refractivity contribution is 7.14. The molecule has 0 spiro atoms. The van der Waals surface area contributed by atoms with Crippen LogP contribution in [0.1, 0.15) is 10.5 Å². The van der Waals surface area contributed by atoms with Gasteiger partial charge in [0.15, 0.2) is 5.13 Å². The molecule has 0 unspecified atom stereocenters. The lowest BCUT2D eigenvalue weighted by Gasteiger charge is -2.16. The number of benzene rings is 1. The Bertz CT molecular complexity index is 812. The van der Waals surface area contributed by atoms with Gasteiger partial charge in [-0.2, -0.15) is 0 Å². The van der Waals surface area contributed by atoms with Crippen LogP contribution in [0.25, 0.3) is 0 Å². The fraction of sp³-hybridized carbons (Fsp3) is 0.353. The summed E-state index contributed by atoms with van der Waals surface area (Å²) in [5.74, 6) is -0.534. The van der Waals surface area contributed by atoms with E-state index in [1.165, 1.54) is 16.2 Å². The largest absolute Gasteiger partial charge is 0.353 e. The van der Waals surface area contributed by atoms with Crippen LogP contribution in [-0.4, -0.2) is 67.4 Å². The molecule has 0 atom stereocenters. The molecule has 0 aliphatic rings. The number of hydrogen-bond donors (Lipinski definition) is 2. The van der Waals surface area contributed by atoms with E-state index >= 15 is 0 Å². The van der Waals surface area contributed by atoms with E-state index in [-0.39, 0.29) is 24.1 Å². The van der Waals surface area contributed by atoms with Crippen LogP contribution < -0.4 is 10.6 Å².